The lowest BCUT2D eigenvalue weighted by atomic mass is 10.2. The van der Waals surface area contributed by atoms with Gasteiger partial charge in [0.1, 0.15) is 11.6 Å². The van der Waals surface area contributed by atoms with Gasteiger partial charge in [-0.15, -0.1) is 0 Å². The molecule has 2 N–H and O–H groups in total. The van der Waals surface area contributed by atoms with E-state index in [1.807, 2.05) is 37.3 Å². The quantitative estimate of drug-likeness (QED) is 0.863. The molecule has 5 nitrogen and oxygen atoms in total. The van der Waals surface area contributed by atoms with Crippen LogP contribution in [0.4, 0.5) is 0 Å². The zero-order valence-corrected chi connectivity index (χ0v) is 11.0. The molecule has 1 heterocycles. The van der Waals surface area contributed by atoms with Crippen LogP contribution < -0.4 is 10.1 Å². The Hall–Kier alpha value is -2.30. The van der Waals surface area contributed by atoms with E-state index < -0.39 is 6.10 Å². The smallest absolute Gasteiger partial charge is 0.261 e. The van der Waals surface area contributed by atoms with Gasteiger partial charge in [0.25, 0.3) is 5.91 Å². The highest BCUT2D eigenvalue weighted by Crippen LogP contribution is 2.12. The van der Waals surface area contributed by atoms with Crippen LogP contribution in [0, 0.1) is 0 Å². The van der Waals surface area contributed by atoms with Gasteiger partial charge in [0, 0.05) is 12.4 Å². The van der Waals surface area contributed by atoms with Crippen LogP contribution in [0.1, 0.15) is 25.7 Å². The molecule has 0 bridgehead atoms. The minimum absolute atomic E-state index is 0.173. The molecule has 0 aliphatic carbocycles. The van der Waals surface area contributed by atoms with Gasteiger partial charge >= 0.3 is 0 Å². The van der Waals surface area contributed by atoms with E-state index >= 15 is 0 Å². The summed E-state index contributed by atoms with van der Waals surface area (Å²) in [5.41, 5.74) is 0. The van der Waals surface area contributed by atoms with E-state index in [1.165, 1.54) is 0 Å². The Morgan fingerprint density at radius 3 is 2.68 bits per heavy atom. The van der Waals surface area contributed by atoms with Crippen LogP contribution in [0.3, 0.4) is 0 Å². The molecule has 0 aliphatic heterocycles. The first-order valence-corrected chi connectivity index (χ1v) is 6.18. The van der Waals surface area contributed by atoms with Crippen molar-refractivity contribution in [3.63, 3.8) is 0 Å². The largest absolute Gasteiger partial charge is 0.481 e. The van der Waals surface area contributed by atoms with E-state index in [9.17, 15) is 4.79 Å². The number of aromatic amines is 1. The molecule has 0 fully saturated rings. The van der Waals surface area contributed by atoms with Crippen molar-refractivity contribution in [3.05, 3.63) is 48.5 Å². The first-order valence-electron chi connectivity index (χ1n) is 6.18. The predicted octanol–water partition coefficient (Wildman–Crippen LogP) is 2.05. The van der Waals surface area contributed by atoms with E-state index in [4.69, 9.17) is 4.74 Å². The van der Waals surface area contributed by atoms with Gasteiger partial charge in [-0.05, 0) is 26.0 Å². The number of para-hydroxylation sites is 1. The summed E-state index contributed by atoms with van der Waals surface area (Å²) in [7, 11) is 0. The molecule has 0 saturated heterocycles. The highest BCUT2D eigenvalue weighted by molar-refractivity contribution is 5.81. The van der Waals surface area contributed by atoms with E-state index in [1.54, 1.807) is 19.3 Å². The minimum atomic E-state index is -0.556. The second kappa shape index (κ2) is 6.04. The summed E-state index contributed by atoms with van der Waals surface area (Å²) >= 11 is 0. The van der Waals surface area contributed by atoms with Crippen LogP contribution >= 0.6 is 0 Å². The van der Waals surface area contributed by atoms with Crippen molar-refractivity contribution in [2.24, 2.45) is 0 Å². The molecule has 0 spiro atoms. The standard InChI is InChI=1S/C14H17N3O2/c1-10(13-15-8-9-16-13)17-14(18)11(2)19-12-6-4-3-5-7-12/h3-11H,1-2H3,(H,15,16)(H,17,18). The van der Waals surface area contributed by atoms with Crippen LogP contribution in [0.25, 0.3) is 0 Å². The number of nitrogens with one attached hydrogen (secondary N) is 2. The van der Waals surface area contributed by atoms with Crippen molar-refractivity contribution >= 4 is 5.91 Å². The summed E-state index contributed by atoms with van der Waals surface area (Å²) in [4.78, 5) is 19.0. The number of imidazole rings is 1. The topological polar surface area (TPSA) is 67.0 Å². The molecule has 19 heavy (non-hydrogen) atoms. The van der Waals surface area contributed by atoms with Crippen LogP contribution in [0.2, 0.25) is 0 Å². The minimum Gasteiger partial charge on any atom is -0.481 e. The fraction of sp³-hybridized carbons (Fsp3) is 0.286. The average Bonchev–Trinajstić information content (AvgIpc) is 2.93. The van der Waals surface area contributed by atoms with Gasteiger partial charge < -0.3 is 15.0 Å². The van der Waals surface area contributed by atoms with Crippen molar-refractivity contribution in [1.82, 2.24) is 15.3 Å². The number of rotatable bonds is 5. The Bertz CT molecular complexity index is 511. The van der Waals surface area contributed by atoms with Gasteiger partial charge in [-0.2, -0.15) is 0 Å². The number of carbonyl (C=O) groups is 1. The molecule has 2 unspecified atom stereocenters. The zero-order valence-electron chi connectivity index (χ0n) is 11.0. The van der Waals surface area contributed by atoms with Gasteiger partial charge in [-0.3, -0.25) is 4.79 Å². The fourth-order valence-corrected chi connectivity index (χ4v) is 1.67. The Morgan fingerprint density at radius 1 is 1.32 bits per heavy atom. The number of hydrogen-bond donors (Lipinski definition) is 2. The summed E-state index contributed by atoms with van der Waals surface area (Å²) in [6.45, 7) is 3.59. The third-order valence-electron chi connectivity index (χ3n) is 2.71. The Labute approximate surface area is 112 Å². The number of hydrogen-bond acceptors (Lipinski definition) is 3. The van der Waals surface area contributed by atoms with Gasteiger partial charge in [0.2, 0.25) is 0 Å². The predicted molar refractivity (Wildman–Crippen MR) is 71.7 cm³/mol. The second-order valence-corrected chi connectivity index (χ2v) is 4.28. The molecule has 1 aromatic carbocycles. The van der Waals surface area contributed by atoms with Crippen molar-refractivity contribution < 1.29 is 9.53 Å². The normalized spacial score (nSPS) is 13.6. The molecule has 0 saturated carbocycles. The molecule has 0 aliphatic rings. The average molecular weight is 259 g/mol. The van der Waals surface area contributed by atoms with Crippen molar-refractivity contribution in [3.8, 4) is 5.75 Å². The Balaban J connectivity index is 1.89. The van der Waals surface area contributed by atoms with Crippen molar-refractivity contribution in [2.45, 2.75) is 26.0 Å². The SMILES string of the molecule is CC(Oc1ccccc1)C(=O)NC(C)c1ncc[nH]1. The van der Waals surface area contributed by atoms with Gasteiger partial charge in [0.05, 0.1) is 6.04 Å². The molecule has 2 atom stereocenters. The Kier molecular flexibility index (Phi) is 4.18. The van der Waals surface area contributed by atoms with Crippen LogP contribution in [0.5, 0.6) is 5.75 Å². The highest BCUT2D eigenvalue weighted by Gasteiger charge is 2.18. The number of amides is 1. The lowest BCUT2D eigenvalue weighted by Gasteiger charge is -2.17. The summed E-state index contributed by atoms with van der Waals surface area (Å²) in [5, 5.41) is 2.84. The summed E-state index contributed by atoms with van der Waals surface area (Å²) < 4.78 is 5.55. The van der Waals surface area contributed by atoms with Gasteiger partial charge in [-0.1, -0.05) is 18.2 Å². The van der Waals surface area contributed by atoms with E-state index in [2.05, 4.69) is 15.3 Å². The van der Waals surface area contributed by atoms with E-state index in [0.29, 0.717) is 5.75 Å². The van der Waals surface area contributed by atoms with Crippen LogP contribution in [0.15, 0.2) is 42.7 Å². The molecule has 1 amide bonds. The lowest BCUT2D eigenvalue weighted by molar-refractivity contribution is -0.128. The molecular formula is C14H17N3O2. The maximum absolute atomic E-state index is 12.0. The maximum Gasteiger partial charge on any atom is 0.261 e. The molecule has 2 rings (SSSR count). The van der Waals surface area contributed by atoms with Gasteiger partial charge in [-0.25, -0.2) is 4.98 Å². The first kappa shape index (κ1) is 13.1. The number of aromatic nitrogens is 2. The molecular weight excluding hydrogens is 242 g/mol. The number of benzene rings is 1. The number of H-pyrrole nitrogens is 1. The van der Waals surface area contributed by atoms with E-state index in [-0.39, 0.29) is 11.9 Å². The maximum atomic E-state index is 12.0. The number of carbonyl (C=O) groups excluding carboxylic acids is 1. The van der Waals surface area contributed by atoms with Crippen LogP contribution in [-0.4, -0.2) is 22.0 Å². The molecule has 100 valence electrons. The zero-order chi connectivity index (χ0) is 13.7. The van der Waals surface area contributed by atoms with Crippen LogP contribution in [-0.2, 0) is 4.79 Å². The lowest BCUT2D eigenvalue weighted by Crippen LogP contribution is -2.38. The fourth-order valence-electron chi connectivity index (χ4n) is 1.67. The molecule has 5 heteroatoms. The summed E-state index contributed by atoms with van der Waals surface area (Å²) in [5.74, 6) is 1.23. The number of nitrogens with zero attached hydrogens (tertiary/aromatic N) is 1. The highest BCUT2D eigenvalue weighted by atomic mass is 16.5. The molecule has 2 aromatic rings. The Morgan fingerprint density at radius 2 is 2.05 bits per heavy atom. The summed E-state index contributed by atoms with van der Waals surface area (Å²) in [6, 6.07) is 9.09. The molecule has 0 radical (unpaired) electrons. The third kappa shape index (κ3) is 3.58. The monoisotopic (exact) mass is 259 g/mol. The third-order valence-corrected chi connectivity index (χ3v) is 2.71. The molecule has 1 aromatic heterocycles. The second-order valence-electron chi connectivity index (χ2n) is 4.28. The van der Waals surface area contributed by atoms with Crippen molar-refractivity contribution in [2.75, 3.05) is 0 Å². The first-order chi connectivity index (χ1) is 9.16. The van der Waals surface area contributed by atoms with E-state index in [0.717, 1.165) is 5.82 Å². The van der Waals surface area contributed by atoms with Gasteiger partial charge in [0.15, 0.2) is 6.10 Å². The number of ether oxygens (including phenoxy) is 1. The van der Waals surface area contributed by atoms with Crippen molar-refractivity contribution in [1.29, 1.82) is 0 Å². The summed E-state index contributed by atoms with van der Waals surface area (Å²) in [6.07, 6.45) is 2.82.